The summed E-state index contributed by atoms with van der Waals surface area (Å²) < 4.78 is 7.70. The van der Waals surface area contributed by atoms with Gasteiger partial charge in [0.1, 0.15) is 5.75 Å². The van der Waals surface area contributed by atoms with Crippen molar-refractivity contribution >= 4 is 28.5 Å². The van der Waals surface area contributed by atoms with E-state index in [0.29, 0.717) is 17.2 Å². The Labute approximate surface area is 202 Å². The number of aryl methyl sites for hydroxylation is 2. The number of halogens is 1. The number of pyridine rings is 2. The molecule has 0 saturated carbocycles. The summed E-state index contributed by atoms with van der Waals surface area (Å²) in [6.07, 6.45) is 10.1. The minimum atomic E-state index is -0.927. The maximum Gasteiger partial charge on any atom is 0.305 e. The minimum absolute atomic E-state index is 0.134. The average Bonchev–Trinajstić information content (AvgIpc) is 3.25. The van der Waals surface area contributed by atoms with Gasteiger partial charge in [-0.25, -0.2) is 0 Å². The lowest BCUT2D eigenvalue weighted by atomic mass is 9.96. The van der Waals surface area contributed by atoms with Gasteiger partial charge in [-0.3, -0.25) is 19.4 Å². The molecule has 0 spiro atoms. The molecule has 4 aromatic rings. The lowest BCUT2D eigenvalue weighted by Gasteiger charge is -2.17. The van der Waals surface area contributed by atoms with Crippen LogP contribution in [-0.2, 0) is 24.1 Å². The quantitative estimate of drug-likeness (QED) is 0.383. The first-order chi connectivity index (χ1) is 16.6. The molecule has 7 nitrogen and oxygen atoms in total. The molecule has 34 heavy (non-hydrogen) atoms. The Balaban J connectivity index is 1.31. The number of carbonyl (C=O) groups is 1. The lowest BCUT2D eigenvalue weighted by Crippen LogP contribution is -2.16. The molecule has 0 radical (unpaired) electrons. The number of benzene rings is 1. The van der Waals surface area contributed by atoms with Crippen LogP contribution in [0, 0.1) is 0 Å². The van der Waals surface area contributed by atoms with Gasteiger partial charge in [-0.1, -0.05) is 17.7 Å². The molecule has 174 valence electrons. The Morgan fingerprint density at radius 2 is 2.00 bits per heavy atom. The molecule has 1 unspecified atom stereocenters. The maximum absolute atomic E-state index is 11.5. The van der Waals surface area contributed by atoms with Crippen molar-refractivity contribution in [3.63, 3.8) is 0 Å². The third kappa shape index (κ3) is 4.89. The van der Waals surface area contributed by atoms with Gasteiger partial charge in [-0.05, 0) is 67.1 Å². The van der Waals surface area contributed by atoms with Crippen LogP contribution in [0.1, 0.15) is 47.8 Å². The van der Waals surface area contributed by atoms with Gasteiger partial charge in [0.2, 0.25) is 0 Å². The lowest BCUT2D eigenvalue weighted by molar-refractivity contribution is -0.137. The number of aliphatic carboxylic acids is 1. The molecule has 1 aliphatic rings. The fourth-order valence-corrected chi connectivity index (χ4v) is 4.71. The van der Waals surface area contributed by atoms with Gasteiger partial charge < -0.3 is 9.84 Å². The number of aromatic nitrogens is 4. The van der Waals surface area contributed by atoms with Crippen molar-refractivity contribution in [1.82, 2.24) is 19.7 Å². The van der Waals surface area contributed by atoms with Crippen molar-refractivity contribution in [1.29, 1.82) is 0 Å². The van der Waals surface area contributed by atoms with Crippen LogP contribution in [0.2, 0.25) is 5.02 Å². The molecular formula is C26H25ClN4O3. The Morgan fingerprint density at radius 1 is 1.12 bits per heavy atom. The van der Waals surface area contributed by atoms with Gasteiger partial charge in [0.15, 0.2) is 0 Å². The molecule has 1 aliphatic carbocycles. The Hall–Kier alpha value is -3.45. The van der Waals surface area contributed by atoms with Crippen LogP contribution < -0.4 is 4.74 Å². The second-order valence-corrected chi connectivity index (χ2v) is 9.01. The van der Waals surface area contributed by atoms with Gasteiger partial charge in [0.05, 0.1) is 35.8 Å². The van der Waals surface area contributed by atoms with E-state index in [1.54, 1.807) is 23.1 Å². The largest absolute Gasteiger partial charge is 0.493 e. The van der Waals surface area contributed by atoms with E-state index in [9.17, 15) is 9.90 Å². The normalized spacial score (nSPS) is 14.0. The SMILES string of the molecule is O=C(O)CC(c1cncc(Cl)c1)n1ncc2cc(OCCc3ccc4c(n3)CCCC4)ccc21. The molecule has 1 aromatic carbocycles. The first-order valence-corrected chi connectivity index (χ1v) is 11.8. The smallest absolute Gasteiger partial charge is 0.305 e. The zero-order chi connectivity index (χ0) is 23.5. The van der Waals surface area contributed by atoms with E-state index < -0.39 is 12.0 Å². The van der Waals surface area contributed by atoms with E-state index in [0.717, 1.165) is 41.6 Å². The summed E-state index contributed by atoms with van der Waals surface area (Å²) >= 11 is 6.09. The minimum Gasteiger partial charge on any atom is -0.493 e. The molecular weight excluding hydrogens is 452 g/mol. The fourth-order valence-electron chi connectivity index (χ4n) is 4.53. The second kappa shape index (κ2) is 9.81. The highest BCUT2D eigenvalue weighted by Crippen LogP contribution is 2.29. The molecule has 3 aromatic heterocycles. The van der Waals surface area contributed by atoms with Crippen LogP contribution in [0.25, 0.3) is 10.9 Å². The molecule has 5 rings (SSSR count). The summed E-state index contributed by atoms with van der Waals surface area (Å²) in [5.41, 5.74) is 5.19. The number of hydrogen-bond acceptors (Lipinski definition) is 5. The molecule has 0 saturated heterocycles. The summed E-state index contributed by atoms with van der Waals surface area (Å²) in [5.74, 6) is -0.186. The number of ether oxygens (including phenoxy) is 1. The van der Waals surface area contributed by atoms with E-state index in [1.165, 1.54) is 30.3 Å². The molecule has 0 bridgehead atoms. The van der Waals surface area contributed by atoms with Crippen molar-refractivity contribution in [3.8, 4) is 5.75 Å². The van der Waals surface area contributed by atoms with Crippen LogP contribution in [0.3, 0.4) is 0 Å². The maximum atomic E-state index is 11.5. The van der Waals surface area contributed by atoms with Crippen molar-refractivity contribution in [2.24, 2.45) is 0 Å². The third-order valence-electron chi connectivity index (χ3n) is 6.20. The number of nitrogens with zero attached hydrogens (tertiary/aromatic N) is 4. The first kappa shape index (κ1) is 22.3. The Bertz CT molecular complexity index is 1340. The predicted octanol–water partition coefficient (Wildman–Crippen LogP) is 5.04. The van der Waals surface area contributed by atoms with Crippen LogP contribution in [0.5, 0.6) is 5.75 Å². The van der Waals surface area contributed by atoms with Gasteiger partial charge >= 0.3 is 5.97 Å². The van der Waals surface area contributed by atoms with Crippen LogP contribution in [0.15, 0.2) is 55.0 Å². The number of fused-ring (bicyclic) bond motifs is 2. The summed E-state index contributed by atoms with van der Waals surface area (Å²) in [6, 6.07) is 11.2. The highest BCUT2D eigenvalue weighted by Gasteiger charge is 2.21. The highest BCUT2D eigenvalue weighted by molar-refractivity contribution is 6.30. The van der Waals surface area contributed by atoms with E-state index in [1.807, 2.05) is 18.2 Å². The topological polar surface area (TPSA) is 90.1 Å². The molecule has 3 heterocycles. The number of carboxylic acids is 1. The van der Waals surface area contributed by atoms with Crippen molar-refractivity contribution in [2.75, 3.05) is 6.61 Å². The van der Waals surface area contributed by atoms with Crippen molar-refractivity contribution in [2.45, 2.75) is 44.6 Å². The summed E-state index contributed by atoms with van der Waals surface area (Å²) in [7, 11) is 0. The standard InChI is InChI=1S/C26H25ClN4O3/c27-20-11-18(14-28-16-20)25(13-26(32)33)31-24-8-7-22(12-19(24)15-29-31)34-10-9-21-6-5-17-3-1-2-4-23(17)30-21/h5-8,11-12,14-16,25H,1-4,9-10,13H2,(H,32,33). The first-order valence-electron chi connectivity index (χ1n) is 11.5. The summed E-state index contributed by atoms with van der Waals surface area (Å²) in [6.45, 7) is 0.529. The van der Waals surface area contributed by atoms with Crippen LogP contribution in [0.4, 0.5) is 0 Å². The van der Waals surface area contributed by atoms with E-state index in [2.05, 4.69) is 22.2 Å². The van der Waals surface area contributed by atoms with Gasteiger partial charge in [-0.15, -0.1) is 0 Å². The average molecular weight is 477 g/mol. The zero-order valence-corrected chi connectivity index (χ0v) is 19.4. The summed E-state index contributed by atoms with van der Waals surface area (Å²) in [4.78, 5) is 20.5. The van der Waals surface area contributed by atoms with Gasteiger partial charge in [-0.2, -0.15) is 5.10 Å². The molecule has 1 atom stereocenters. The number of hydrogen-bond donors (Lipinski definition) is 1. The molecule has 0 amide bonds. The van der Waals surface area contributed by atoms with E-state index >= 15 is 0 Å². The van der Waals surface area contributed by atoms with Crippen molar-refractivity contribution < 1.29 is 14.6 Å². The monoisotopic (exact) mass is 476 g/mol. The predicted molar refractivity (Wildman–Crippen MR) is 129 cm³/mol. The Kier molecular flexibility index (Phi) is 6.45. The van der Waals surface area contributed by atoms with Gasteiger partial charge in [0.25, 0.3) is 0 Å². The van der Waals surface area contributed by atoms with E-state index in [4.69, 9.17) is 21.3 Å². The molecule has 0 aliphatic heterocycles. The van der Waals surface area contributed by atoms with Crippen molar-refractivity contribution in [3.05, 3.63) is 82.5 Å². The zero-order valence-electron chi connectivity index (χ0n) is 18.7. The Morgan fingerprint density at radius 3 is 2.85 bits per heavy atom. The third-order valence-corrected chi connectivity index (χ3v) is 6.41. The van der Waals surface area contributed by atoms with Gasteiger partial charge in [0, 0.05) is 35.6 Å². The summed E-state index contributed by atoms with van der Waals surface area (Å²) in [5, 5.41) is 15.3. The van der Waals surface area contributed by atoms with E-state index in [-0.39, 0.29) is 6.42 Å². The highest BCUT2D eigenvalue weighted by atomic mass is 35.5. The second-order valence-electron chi connectivity index (χ2n) is 8.57. The van der Waals surface area contributed by atoms with Crippen LogP contribution in [-0.4, -0.2) is 37.4 Å². The fraction of sp³-hybridized carbons (Fsp3) is 0.308. The molecule has 1 N–H and O–H groups in total. The molecule has 0 fully saturated rings. The number of rotatable bonds is 8. The van der Waals surface area contributed by atoms with Crippen LogP contribution >= 0.6 is 11.6 Å². The number of carboxylic acid groups (broad SMARTS) is 1. The molecule has 8 heteroatoms.